The lowest BCUT2D eigenvalue weighted by molar-refractivity contribution is -0.127. The highest BCUT2D eigenvalue weighted by Gasteiger charge is 2.15. The summed E-state index contributed by atoms with van der Waals surface area (Å²) in [6.45, 7) is 6.69. The maximum absolute atomic E-state index is 11.8. The number of benzene rings is 1. The van der Waals surface area contributed by atoms with Gasteiger partial charge in [0.25, 0.3) is 5.91 Å². The highest BCUT2D eigenvalue weighted by Crippen LogP contribution is 2.21. The Hall–Kier alpha value is -1.26. The zero-order valence-electron chi connectivity index (χ0n) is 11.6. The number of nitrogens with two attached hydrogens (primary N) is 1. The predicted molar refractivity (Wildman–Crippen MR) is 77.5 cm³/mol. The van der Waals surface area contributed by atoms with E-state index in [0.29, 0.717) is 23.9 Å². The number of carbonyl (C=O) groups excluding carboxylic acids is 1. The molecule has 0 aromatic heterocycles. The van der Waals surface area contributed by atoms with Crippen LogP contribution < -0.4 is 15.8 Å². The van der Waals surface area contributed by atoms with Gasteiger partial charge in [-0.25, -0.2) is 0 Å². The first-order chi connectivity index (χ1) is 8.93. The summed E-state index contributed by atoms with van der Waals surface area (Å²) in [7, 11) is 0. The second-order valence-corrected chi connectivity index (χ2v) is 5.16. The van der Waals surface area contributed by atoms with Gasteiger partial charge in [0.1, 0.15) is 5.75 Å². The minimum Gasteiger partial charge on any atom is -0.481 e. The predicted octanol–water partition coefficient (Wildman–Crippen LogP) is 2.13. The van der Waals surface area contributed by atoms with E-state index in [0.717, 1.165) is 5.56 Å². The van der Waals surface area contributed by atoms with Crippen molar-refractivity contribution in [3.8, 4) is 5.75 Å². The molecule has 0 spiro atoms. The lowest BCUT2D eigenvalue weighted by Gasteiger charge is -2.16. The number of hydrogen-bond donors (Lipinski definition) is 2. The highest BCUT2D eigenvalue weighted by molar-refractivity contribution is 6.31. The number of ether oxygens (including phenoxy) is 1. The van der Waals surface area contributed by atoms with Crippen LogP contribution in [0, 0.1) is 12.8 Å². The van der Waals surface area contributed by atoms with Crippen molar-refractivity contribution < 1.29 is 9.53 Å². The molecule has 3 N–H and O–H groups in total. The minimum absolute atomic E-state index is 0.145. The van der Waals surface area contributed by atoms with Gasteiger partial charge in [-0.15, -0.1) is 0 Å². The lowest BCUT2D eigenvalue weighted by atomic mass is 10.2. The topological polar surface area (TPSA) is 64.3 Å². The number of hydrogen-bond acceptors (Lipinski definition) is 3. The van der Waals surface area contributed by atoms with Crippen LogP contribution in [0.5, 0.6) is 5.75 Å². The maximum Gasteiger partial charge on any atom is 0.260 e. The van der Waals surface area contributed by atoms with Crippen molar-refractivity contribution in [3.63, 3.8) is 0 Å². The Labute approximate surface area is 119 Å². The molecule has 0 saturated heterocycles. The zero-order valence-corrected chi connectivity index (χ0v) is 12.3. The summed E-state index contributed by atoms with van der Waals surface area (Å²) in [4.78, 5) is 11.8. The van der Waals surface area contributed by atoms with E-state index in [9.17, 15) is 4.79 Å². The minimum atomic E-state index is -0.550. The molecular formula is C14H21ClN2O2. The number of halogens is 1. The van der Waals surface area contributed by atoms with Gasteiger partial charge in [0.05, 0.1) is 0 Å². The summed E-state index contributed by atoms with van der Waals surface area (Å²) in [6.07, 6.45) is -0.550. The molecule has 19 heavy (non-hydrogen) atoms. The number of nitrogens with one attached hydrogen (secondary N) is 1. The van der Waals surface area contributed by atoms with Crippen molar-refractivity contribution >= 4 is 17.5 Å². The molecule has 0 saturated carbocycles. The van der Waals surface area contributed by atoms with Crippen molar-refractivity contribution in [2.24, 2.45) is 11.7 Å². The van der Waals surface area contributed by atoms with Crippen LogP contribution in [0.2, 0.25) is 5.02 Å². The van der Waals surface area contributed by atoms with Crippen LogP contribution in [0.4, 0.5) is 0 Å². The first-order valence-electron chi connectivity index (χ1n) is 6.34. The quantitative estimate of drug-likeness (QED) is 0.841. The van der Waals surface area contributed by atoms with E-state index in [1.54, 1.807) is 19.1 Å². The van der Waals surface area contributed by atoms with Gasteiger partial charge < -0.3 is 15.8 Å². The third-order valence-electron chi connectivity index (χ3n) is 2.84. The van der Waals surface area contributed by atoms with Crippen molar-refractivity contribution in [3.05, 3.63) is 28.8 Å². The van der Waals surface area contributed by atoms with Crippen LogP contribution in [0.3, 0.4) is 0 Å². The third kappa shape index (κ3) is 5.09. The second-order valence-electron chi connectivity index (χ2n) is 4.76. The Kier molecular flexibility index (Phi) is 6.12. The molecule has 0 aliphatic carbocycles. The first-order valence-corrected chi connectivity index (χ1v) is 6.72. The summed E-state index contributed by atoms with van der Waals surface area (Å²) in [5.41, 5.74) is 6.41. The molecule has 2 atom stereocenters. The Morgan fingerprint density at radius 3 is 2.74 bits per heavy atom. The fourth-order valence-electron chi connectivity index (χ4n) is 1.45. The largest absolute Gasteiger partial charge is 0.481 e. The monoisotopic (exact) mass is 284 g/mol. The standard InChI is InChI=1S/C14H21ClN2O2/c1-9(7-16)8-17-14(18)11(3)19-12-4-5-13(15)10(2)6-12/h4-6,9,11H,7-8,16H2,1-3H3,(H,17,18). The van der Waals surface area contributed by atoms with Gasteiger partial charge in [-0.2, -0.15) is 0 Å². The van der Waals surface area contributed by atoms with Crippen LogP contribution >= 0.6 is 11.6 Å². The van der Waals surface area contributed by atoms with Crippen LogP contribution in [-0.2, 0) is 4.79 Å². The summed E-state index contributed by atoms with van der Waals surface area (Å²) in [5, 5.41) is 3.49. The summed E-state index contributed by atoms with van der Waals surface area (Å²) >= 11 is 5.93. The SMILES string of the molecule is Cc1cc(OC(C)C(=O)NCC(C)CN)ccc1Cl. The van der Waals surface area contributed by atoms with Crippen molar-refractivity contribution in [2.75, 3.05) is 13.1 Å². The number of amides is 1. The van der Waals surface area contributed by atoms with E-state index >= 15 is 0 Å². The Balaban J connectivity index is 2.51. The molecular weight excluding hydrogens is 264 g/mol. The second kappa shape index (κ2) is 7.36. The summed E-state index contributed by atoms with van der Waals surface area (Å²) in [5.74, 6) is 0.748. The molecule has 0 heterocycles. The molecule has 106 valence electrons. The number of aryl methyl sites for hydroxylation is 1. The molecule has 0 fully saturated rings. The van der Waals surface area contributed by atoms with Crippen LogP contribution in [0.15, 0.2) is 18.2 Å². The van der Waals surface area contributed by atoms with Gasteiger partial charge in [0.2, 0.25) is 0 Å². The Morgan fingerprint density at radius 2 is 2.16 bits per heavy atom. The maximum atomic E-state index is 11.8. The van der Waals surface area contributed by atoms with Crippen LogP contribution in [0.25, 0.3) is 0 Å². The molecule has 5 heteroatoms. The fourth-order valence-corrected chi connectivity index (χ4v) is 1.57. The Bertz CT molecular complexity index is 437. The number of rotatable bonds is 6. The molecule has 4 nitrogen and oxygen atoms in total. The first kappa shape index (κ1) is 15.8. The molecule has 1 amide bonds. The van der Waals surface area contributed by atoms with E-state index < -0.39 is 6.10 Å². The van der Waals surface area contributed by atoms with E-state index in [4.69, 9.17) is 22.1 Å². The van der Waals surface area contributed by atoms with E-state index in [2.05, 4.69) is 5.32 Å². The molecule has 0 bridgehead atoms. The van der Waals surface area contributed by atoms with Gasteiger partial charge in [-0.3, -0.25) is 4.79 Å². The van der Waals surface area contributed by atoms with Gasteiger partial charge in [0.15, 0.2) is 6.10 Å². The fraction of sp³-hybridized carbons (Fsp3) is 0.500. The summed E-state index contributed by atoms with van der Waals surface area (Å²) in [6, 6.07) is 5.32. The summed E-state index contributed by atoms with van der Waals surface area (Å²) < 4.78 is 5.58. The number of carbonyl (C=O) groups is 1. The van der Waals surface area contributed by atoms with Gasteiger partial charge in [-0.1, -0.05) is 18.5 Å². The molecule has 0 radical (unpaired) electrons. The average molecular weight is 285 g/mol. The highest BCUT2D eigenvalue weighted by atomic mass is 35.5. The lowest BCUT2D eigenvalue weighted by Crippen LogP contribution is -2.39. The van der Waals surface area contributed by atoms with Crippen LogP contribution in [-0.4, -0.2) is 25.1 Å². The van der Waals surface area contributed by atoms with Crippen LogP contribution in [0.1, 0.15) is 19.4 Å². The smallest absolute Gasteiger partial charge is 0.260 e. The zero-order chi connectivity index (χ0) is 14.4. The average Bonchev–Trinajstić information content (AvgIpc) is 2.39. The normalized spacial score (nSPS) is 13.7. The van der Waals surface area contributed by atoms with E-state index in [1.807, 2.05) is 19.9 Å². The van der Waals surface area contributed by atoms with Gasteiger partial charge in [-0.05, 0) is 50.1 Å². The molecule has 1 rings (SSSR count). The van der Waals surface area contributed by atoms with Gasteiger partial charge in [0, 0.05) is 11.6 Å². The molecule has 0 aliphatic heterocycles. The van der Waals surface area contributed by atoms with Crippen molar-refractivity contribution in [2.45, 2.75) is 26.9 Å². The molecule has 0 aliphatic rings. The molecule has 1 aromatic rings. The van der Waals surface area contributed by atoms with E-state index in [-0.39, 0.29) is 11.8 Å². The van der Waals surface area contributed by atoms with Crippen molar-refractivity contribution in [1.82, 2.24) is 5.32 Å². The molecule has 2 unspecified atom stereocenters. The third-order valence-corrected chi connectivity index (χ3v) is 3.26. The Morgan fingerprint density at radius 1 is 1.47 bits per heavy atom. The van der Waals surface area contributed by atoms with Crippen molar-refractivity contribution in [1.29, 1.82) is 0 Å². The van der Waals surface area contributed by atoms with Gasteiger partial charge >= 0.3 is 0 Å². The molecule has 1 aromatic carbocycles. The van der Waals surface area contributed by atoms with E-state index in [1.165, 1.54) is 0 Å².